The normalized spacial score (nSPS) is 22.5. The van der Waals surface area contributed by atoms with Gasteiger partial charge in [0.05, 0.1) is 24.4 Å². The van der Waals surface area contributed by atoms with Crippen molar-refractivity contribution in [2.45, 2.75) is 123 Å². The molecule has 1 aliphatic rings. The minimum absolute atomic E-state index is 0.0894. The largest absolute Gasteiger partial charge is 0.439 e. The van der Waals surface area contributed by atoms with Gasteiger partial charge in [0.2, 0.25) is 0 Å². The van der Waals surface area contributed by atoms with Gasteiger partial charge in [-0.2, -0.15) is 0 Å². The summed E-state index contributed by atoms with van der Waals surface area (Å²) < 4.78 is 11.4. The SMILES string of the molecule is CCC(O)CCC(C)(O)C(/C=C/C(C)C(=O)/C(C)=C/C=C/C(C)CC1OC1C(C)C(O)CC)OC(=O)NCc1ccncc1. The number of allylic oxidation sites excluding steroid dienone is 5. The lowest BCUT2D eigenvalue weighted by Crippen LogP contribution is -2.43. The molecule has 1 fully saturated rings. The Bertz CT molecular complexity index is 1120. The number of aliphatic hydroxyl groups excluding tert-OH is 2. The molecule has 1 aromatic rings. The molecule has 1 saturated heterocycles. The van der Waals surface area contributed by atoms with E-state index >= 15 is 0 Å². The Labute approximate surface area is 263 Å². The summed E-state index contributed by atoms with van der Waals surface area (Å²) in [5, 5.41) is 34.0. The zero-order valence-electron chi connectivity index (χ0n) is 27.5. The number of amides is 1. The minimum Gasteiger partial charge on any atom is -0.439 e. The van der Waals surface area contributed by atoms with Crippen LogP contribution in [0.1, 0.15) is 86.1 Å². The van der Waals surface area contributed by atoms with Crippen LogP contribution in [0.2, 0.25) is 0 Å². The number of alkyl carbamates (subject to hydrolysis) is 1. The van der Waals surface area contributed by atoms with Crippen LogP contribution >= 0.6 is 0 Å². The Kier molecular flexibility index (Phi) is 15.4. The predicted molar refractivity (Wildman–Crippen MR) is 172 cm³/mol. The molecule has 246 valence electrons. The first kappa shape index (κ1) is 37.3. The number of aliphatic hydroxyl groups is 3. The highest BCUT2D eigenvalue weighted by atomic mass is 16.6. The number of carbonyl (C=O) groups is 2. The monoisotopic (exact) mass is 614 g/mol. The Morgan fingerprint density at radius 2 is 1.80 bits per heavy atom. The summed E-state index contributed by atoms with van der Waals surface area (Å²) in [4.78, 5) is 29.7. The van der Waals surface area contributed by atoms with Gasteiger partial charge >= 0.3 is 6.09 Å². The average molecular weight is 615 g/mol. The van der Waals surface area contributed by atoms with Gasteiger partial charge in [0.15, 0.2) is 11.9 Å². The molecular formula is C35H54N2O7. The maximum atomic E-state index is 13.1. The molecule has 9 unspecified atom stereocenters. The van der Waals surface area contributed by atoms with Crippen LogP contribution in [0.25, 0.3) is 0 Å². The lowest BCUT2D eigenvalue weighted by atomic mass is 9.89. The van der Waals surface area contributed by atoms with E-state index in [1.54, 1.807) is 63.5 Å². The molecule has 0 aliphatic carbocycles. The van der Waals surface area contributed by atoms with Crippen molar-refractivity contribution in [2.75, 3.05) is 0 Å². The lowest BCUT2D eigenvalue weighted by Gasteiger charge is -2.31. The lowest BCUT2D eigenvalue weighted by molar-refractivity contribution is -0.117. The zero-order chi connectivity index (χ0) is 32.9. The number of hydrogen-bond donors (Lipinski definition) is 4. The molecule has 0 radical (unpaired) electrons. The second-order valence-electron chi connectivity index (χ2n) is 12.5. The molecule has 1 aliphatic heterocycles. The topological polar surface area (TPSA) is 142 Å². The van der Waals surface area contributed by atoms with Gasteiger partial charge in [-0.3, -0.25) is 9.78 Å². The van der Waals surface area contributed by atoms with Crippen LogP contribution < -0.4 is 5.32 Å². The summed E-state index contributed by atoms with van der Waals surface area (Å²) in [6, 6.07) is 3.55. The molecule has 44 heavy (non-hydrogen) atoms. The predicted octanol–water partition coefficient (Wildman–Crippen LogP) is 5.44. The van der Waals surface area contributed by atoms with Gasteiger partial charge in [0.25, 0.3) is 0 Å². The molecule has 0 aromatic carbocycles. The van der Waals surface area contributed by atoms with E-state index in [-0.39, 0.29) is 48.9 Å². The molecule has 9 atom stereocenters. The number of Topliss-reactive ketones (excluding diaryl/α,β-unsaturated/α-hetero) is 1. The van der Waals surface area contributed by atoms with Crippen molar-refractivity contribution >= 4 is 11.9 Å². The second kappa shape index (κ2) is 18.2. The van der Waals surface area contributed by atoms with Crippen LogP contribution in [0.15, 0.2) is 60.5 Å². The number of epoxide rings is 1. The summed E-state index contributed by atoms with van der Waals surface area (Å²) >= 11 is 0. The Morgan fingerprint density at radius 3 is 2.43 bits per heavy atom. The second-order valence-corrected chi connectivity index (χ2v) is 12.5. The van der Waals surface area contributed by atoms with E-state index in [2.05, 4.69) is 17.2 Å². The molecule has 2 heterocycles. The third-order valence-corrected chi connectivity index (χ3v) is 8.42. The fraction of sp³-hybridized carbons (Fsp3) is 0.629. The van der Waals surface area contributed by atoms with Gasteiger partial charge in [-0.05, 0) is 81.2 Å². The number of ketones is 1. The maximum Gasteiger partial charge on any atom is 0.408 e. The Hall–Kier alpha value is -2.85. The summed E-state index contributed by atoms with van der Waals surface area (Å²) in [6.07, 6.45) is 12.4. The van der Waals surface area contributed by atoms with Crippen molar-refractivity contribution in [3.05, 3.63) is 66.0 Å². The third kappa shape index (κ3) is 12.6. The summed E-state index contributed by atoms with van der Waals surface area (Å²) in [6.45, 7) is 13.3. The van der Waals surface area contributed by atoms with Crippen molar-refractivity contribution in [1.29, 1.82) is 0 Å². The van der Waals surface area contributed by atoms with Gasteiger partial charge in [-0.1, -0.05) is 58.9 Å². The van der Waals surface area contributed by atoms with Crippen LogP contribution in [-0.4, -0.2) is 68.3 Å². The van der Waals surface area contributed by atoms with Gasteiger partial charge in [-0.15, -0.1) is 0 Å². The number of nitrogens with one attached hydrogen (secondary N) is 1. The Morgan fingerprint density at radius 1 is 1.11 bits per heavy atom. The number of rotatable bonds is 19. The van der Waals surface area contributed by atoms with E-state index in [0.717, 1.165) is 12.0 Å². The molecule has 0 spiro atoms. The Balaban J connectivity index is 1.99. The van der Waals surface area contributed by atoms with Gasteiger partial charge in [-0.25, -0.2) is 4.79 Å². The van der Waals surface area contributed by atoms with E-state index in [0.29, 0.717) is 24.8 Å². The van der Waals surface area contributed by atoms with Crippen molar-refractivity contribution in [1.82, 2.24) is 10.3 Å². The van der Waals surface area contributed by atoms with E-state index in [4.69, 9.17) is 9.47 Å². The number of hydrogen-bond acceptors (Lipinski definition) is 8. The van der Waals surface area contributed by atoms with E-state index in [1.807, 2.05) is 32.9 Å². The summed E-state index contributed by atoms with van der Waals surface area (Å²) in [5.41, 5.74) is -0.0429. The highest BCUT2D eigenvalue weighted by Crippen LogP contribution is 2.36. The molecule has 9 nitrogen and oxygen atoms in total. The van der Waals surface area contributed by atoms with Crippen LogP contribution in [0, 0.1) is 17.8 Å². The van der Waals surface area contributed by atoms with Gasteiger partial charge in [0.1, 0.15) is 5.60 Å². The molecule has 0 saturated carbocycles. The fourth-order valence-corrected chi connectivity index (χ4v) is 5.04. The molecule has 1 amide bonds. The van der Waals surface area contributed by atoms with E-state index in [9.17, 15) is 24.9 Å². The molecule has 2 rings (SSSR count). The number of aromatic nitrogens is 1. The standard InChI is InChI=1S/C35H54N2O7/c1-8-28(38)15-18-35(7,42)31(44-34(41)37-22-27-16-19-36-20-17-27)14-13-25(5)32(40)24(4)12-10-11-23(3)21-30-33(43-30)26(6)29(39)9-2/h10-14,16-17,19-20,23,25-26,28-31,33,38-39,42H,8-9,15,18,21-22H2,1-7H3,(H,37,41)/b11-10+,14-13+,24-12+. The van der Waals surface area contributed by atoms with E-state index in [1.165, 1.54) is 0 Å². The average Bonchev–Trinajstić information content (AvgIpc) is 3.78. The quantitative estimate of drug-likeness (QED) is 0.0698. The number of pyridine rings is 1. The van der Waals surface area contributed by atoms with Crippen LogP contribution in [0.5, 0.6) is 0 Å². The van der Waals surface area contributed by atoms with Crippen molar-refractivity contribution < 1.29 is 34.4 Å². The number of carbonyl (C=O) groups excluding carboxylic acids is 2. The van der Waals surface area contributed by atoms with Crippen molar-refractivity contribution in [3.8, 4) is 0 Å². The van der Waals surface area contributed by atoms with Gasteiger partial charge < -0.3 is 30.1 Å². The number of ether oxygens (including phenoxy) is 2. The summed E-state index contributed by atoms with van der Waals surface area (Å²) in [7, 11) is 0. The maximum absolute atomic E-state index is 13.1. The molecular weight excluding hydrogens is 560 g/mol. The van der Waals surface area contributed by atoms with E-state index < -0.39 is 29.8 Å². The molecule has 0 bridgehead atoms. The highest BCUT2D eigenvalue weighted by molar-refractivity contribution is 5.97. The molecule has 9 heteroatoms. The van der Waals surface area contributed by atoms with Crippen molar-refractivity contribution in [2.24, 2.45) is 17.8 Å². The molecule has 1 aromatic heterocycles. The minimum atomic E-state index is -1.47. The first-order chi connectivity index (χ1) is 20.8. The fourth-order valence-electron chi connectivity index (χ4n) is 5.04. The third-order valence-electron chi connectivity index (χ3n) is 8.42. The highest BCUT2D eigenvalue weighted by Gasteiger charge is 2.44. The first-order valence-corrected chi connectivity index (χ1v) is 15.9. The first-order valence-electron chi connectivity index (χ1n) is 15.9. The van der Waals surface area contributed by atoms with Gasteiger partial charge in [0, 0.05) is 30.8 Å². The number of nitrogens with zero attached hydrogens (tertiary/aromatic N) is 1. The smallest absolute Gasteiger partial charge is 0.408 e. The molecule has 4 N–H and O–H groups in total. The van der Waals surface area contributed by atoms with Crippen LogP contribution in [0.4, 0.5) is 4.79 Å². The zero-order valence-corrected chi connectivity index (χ0v) is 27.5. The summed E-state index contributed by atoms with van der Waals surface area (Å²) in [5.74, 6) is -0.238. The van der Waals surface area contributed by atoms with Crippen LogP contribution in [-0.2, 0) is 20.8 Å². The van der Waals surface area contributed by atoms with Crippen LogP contribution in [0.3, 0.4) is 0 Å². The van der Waals surface area contributed by atoms with Crippen molar-refractivity contribution in [3.63, 3.8) is 0 Å².